The molecule has 1 N–H and O–H groups in total. The predicted octanol–water partition coefficient (Wildman–Crippen LogP) is 5.68. The fourth-order valence-electron chi connectivity index (χ4n) is 8.17. The molecule has 3 aliphatic rings. The molecule has 3 aliphatic heterocycles. The van der Waals surface area contributed by atoms with Crippen LogP contribution in [0, 0.1) is 17.8 Å². The molecule has 3 amide bonds. The Morgan fingerprint density at radius 3 is 2.39 bits per heavy atom. The first-order valence-corrected chi connectivity index (χ1v) is 17.1. The van der Waals surface area contributed by atoms with E-state index in [2.05, 4.69) is 20.1 Å². The Morgan fingerprint density at radius 1 is 1.02 bits per heavy atom. The molecule has 3 heterocycles. The summed E-state index contributed by atoms with van der Waals surface area (Å²) in [5.74, 6) is -1.69. The quantitative estimate of drug-likeness (QED) is 0.259. The van der Waals surface area contributed by atoms with E-state index < -0.39 is 28.7 Å². The predicted molar refractivity (Wildman–Crippen MR) is 185 cm³/mol. The van der Waals surface area contributed by atoms with Gasteiger partial charge in [-0.15, -0.1) is 24.9 Å². The highest BCUT2D eigenvalue weighted by molar-refractivity contribution is 8.02. The van der Waals surface area contributed by atoms with E-state index in [0.29, 0.717) is 19.5 Å². The molecule has 3 saturated heterocycles. The summed E-state index contributed by atoms with van der Waals surface area (Å²) >= 11 is 1.66. The van der Waals surface area contributed by atoms with Crippen molar-refractivity contribution in [3.8, 4) is 0 Å². The number of thioether (sulfide) groups is 1. The van der Waals surface area contributed by atoms with Gasteiger partial charge in [0.25, 0.3) is 5.91 Å². The third kappa shape index (κ3) is 5.16. The highest BCUT2D eigenvalue weighted by Gasteiger charge is 2.77. The second kappa shape index (κ2) is 13.1. The van der Waals surface area contributed by atoms with Crippen LogP contribution in [0.25, 0.3) is 10.8 Å². The molecular weight excluding hydrogens is 595 g/mol. The molecule has 240 valence electrons. The lowest BCUT2D eigenvalue weighted by molar-refractivity contribution is -0.146. The molecule has 6 rings (SSSR count). The summed E-state index contributed by atoms with van der Waals surface area (Å²) < 4.78 is -0.801. The maximum atomic E-state index is 15.1. The van der Waals surface area contributed by atoms with Gasteiger partial charge in [-0.3, -0.25) is 14.4 Å². The minimum absolute atomic E-state index is 0.0137. The zero-order valence-electron chi connectivity index (χ0n) is 26.6. The molecule has 0 aromatic heterocycles. The van der Waals surface area contributed by atoms with Crippen LogP contribution in [0.2, 0.25) is 0 Å². The number of aliphatic hydroxyl groups is 1. The summed E-state index contributed by atoms with van der Waals surface area (Å²) in [6.07, 6.45) is 4.66. The van der Waals surface area contributed by atoms with E-state index in [1.54, 1.807) is 38.6 Å². The first-order valence-electron chi connectivity index (χ1n) is 16.3. The number of hydrogen-bond acceptors (Lipinski definition) is 5. The van der Waals surface area contributed by atoms with Gasteiger partial charge in [-0.1, -0.05) is 86.7 Å². The normalized spacial score (nSPS) is 27.0. The molecule has 7 atom stereocenters. The van der Waals surface area contributed by atoms with Crippen LogP contribution < -0.4 is 4.90 Å². The fraction of sp³-hybridized carbons (Fsp3) is 0.395. The van der Waals surface area contributed by atoms with Gasteiger partial charge in [-0.2, -0.15) is 0 Å². The average Bonchev–Trinajstić information content (AvgIpc) is 3.67. The van der Waals surface area contributed by atoms with Crippen LogP contribution in [-0.2, 0) is 20.9 Å². The van der Waals surface area contributed by atoms with Crippen molar-refractivity contribution in [3.63, 3.8) is 0 Å². The van der Waals surface area contributed by atoms with Crippen LogP contribution in [0.3, 0.4) is 0 Å². The van der Waals surface area contributed by atoms with Gasteiger partial charge in [-0.25, -0.2) is 0 Å². The first-order chi connectivity index (χ1) is 22.3. The molecule has 8 heteroatoms. The van der Waals surface area contributed by atoms with Crippen LogP contribution >= 0.6 is 11.8 Å². The topological polar surface area (TPSA) is 81.2 Å². The van der Waals surface area contributed by atoms with Crippen molar-refractivity contribution in [1.82, 2.24) is 9.80 Å². The largest absolute Gasteiger partial charge is 0.394 e. The zero-order valence-corrected chi connectivity index (χ0v) is 27.4. The van der Waals surface area contributed by atoms with Crippen LogP contribution in [0.1, 0.15) is 32.3 Å². The Balaban J connectivity index is 1.43. The summed E-state index contributed by atoms with van der Waals surface area (Å²) in [6.45, 7) is 12.7. The highest BCUT2D eigenvalue weighted by Crippen LogP contribution is 2.69. The maximum absolute atomic E-state index is 15.1. The number of carbonyl (C=O) groups is 3. The van der Waals surface area contributed by atoms with Crippen molar-refractivity contribution in [3.05, 3.63) is 104 Å². The number of anilines is 1. The van der Waals surface area contributed by atoms with Crippen molar-refractivity contribution in [2.45, 2.75) is 55.3 Å². The Morgan fingerprint density at radius 2 is 1.72 bits per heavy atom. The van der Waals surface area contributed by atoms with E-state index in [1.165, 1.54) is 0 Å². The molecule has 1 spiro atoms. The van der Waals surface area contributed by atoms with Crippen molar-refractivity contribution < 1.29 is 19.5 Å². The van der Waals surface area contributed by atoms with Gasteiger partial charge in [0.15, 0.2) is 0 Å². The highest BCUT2D eigenvalue weighted by atomic mass is 32.2. The molecule has 46 heavy (non-hydrogen) atoms. The average molecular weight is 638 g/mol. The lowest BCUT2D eigenvalue weighted by Gasteiger charge is -2.42. The summed E-state index contributed by atoms with van der Waals surface area (Å²) in [4.78, 5) is 49.5. The van der Waals surface area contributed by atoms with Crippen molar-refractivity contribution in [1.29, 1.82) is 0 Å². The number of benzene rings is 3. The Kier molecular flexibility index (Phi) is 9.12. The Bertz CT molecular complexity index is 1640. The molecule has 0 radical (unpaired) electrons. The summed E-state index contributed by atoms with van der Waals surface area (Å²) in [6, 6.07) is 22.4. The van der Waals surface area contributed by atoms with Crippen LogP contribution in [0.5, 0.6) is 0 Å². The van der Waals surface area contributed by atoms with Crippen LogP contribution in [-0.4, -0.2) is 74.4 Å². The van der Waals surface area contributed by atoms with Gasteiger partial charge in [0.2, 0.25) is 11.8 Å². The number of fused-ring (bicyclic) bond motifs is 2. The smallest absolute Gasteiger partial charge is 0.251 e. The molecule has 3 aromatic rings. The second-order valence-electron chi connectivity index (χ2n) is 12.8. The van der Waals surface area contributed by atoms with E-state index >= 15 is 4.79 Å². The SMILES string of the molecule is C=CCN(Cc1ccccc1)C(=O)[C@@H]1[C@H]2C(=O)N([C@@H](CC)CO)C(C(=O)N(CC=C)c3ccc4ccccc4c3)C23S[C@@H]1CC3C. The van der Waals surface area contributed by atoms with Crippen molar-refractivity contribution in [2.75, 3.05) is 24.6 Å². The van der Waals surface area contributed by atoms with E-state index in [0.717, 1.165) is 28.4 Å². The Labute approximate surface area is 275 Å². The minimum Gasteiger partial charge on any atom is -0.394 e. The number of likely N-dealkylation sites (tertiary alicyclic amines) is 1. The third-order valence-corrected chi connectivity index (χ3v) is 12.4. The number of amides is 3. The lowest BCUT2D eigenvalue weighted by atomic mass is 9.65. The molecule has 0 aliphatic carbocycles. The van der Waals surface area contributed by atoms with E-state index in [-0.39, 0.29) is 42.0 Å². The monoisotopic (exact) mass is 637 g/mol. The van der Waals surface area contributed by atoms with Gasteiger partial charge in [0, 0.05) is 30.6 Å². The third-order valence-electron chi connectivity index (χ3n) is 10.3. The van der Waals surface area contributed by atoms with E-state index in [9.17, 15) is 14.7 Å². The lowest BCUT2D eigenvalue weighted by Crippen LogP contribution is -2.59. The number of hydrogen-bond donors (Lipinski definition) is 1. The zero-order chi connectivity index (χ0) is 32.6. The van der Waals surface area contributed by atoms with E-state index in [1.807, 2.05) is 79.7 Å². The number of carbonyl (C=O) groups excluding carboxylic acids is 3. The number of rotatable bonds is 12. The molecule has 3 aromatic carbocycles. The van der Waals surface area contributed by atoms with Crippen molar-refractivity contribution >= 4 is 45.9 Å². The van der Waals surface area contributed by atoms with Crippen LogP contribution in [0.15, 0.2) is 98.1 Å². The van der Waals surface area contributed by atoms with Gasteiger partial charge < -0.3 is 19.8 Å². The van der Waals surface area contributed by atoms with E-state index in [4.69, 9.17) is 0 Å². The summed E-state index contributed by atoms with van der Waals surface area (Å²) in [5.41, 5.74) is 1.73. The molecule has 2 bridgehead atoms. The molecule has 7 nitrogen and oxygen atoms in total. The standard InChI is InChI=1S/C38H43N3O4S/c1-5-19-39(23-26-13-9-8-10-14-26)35(43)32-31-21-25(4)38(46-31)33(32)36(44)41(29(7-3)24-42)34(38)37(45)40(20-6-2)30-18-17-27-15-11-12-16-28(27)22-30/h5-6,8-18,22,25,29,31-34,42H,1-2,7,19-21,23-24H2,3-4H3/t25?,29-,31+,32-,33-,34?,38?/m0/s1. The first kappa shape index (κ1) is 32.1. The Hall–Kier alpha value is -3.88. The van der Waals surface area contributed by atoms with Gasteiger partial charge in [-0.05, 0) is 47.2 Å². The van der Waals surface area contributed by atoms with Gasteiger partial charge >= 0.3 is 0 Å². The molecular formula is C38H43N3O4S. The van der Waals surface area contributed by atoms with Crippen LogP contribution in [0.4, 0.5) is 5.69 Å². The maximum Gasteiger partial charge on any atom is 0.251 e. The molecule has 0 saturated carbocycles. The minimum atomic E-state index is -0.835. The van der Waals surface area contributed by atoms with Crippen molar-refractivity contribution in [2.24, 2.45) is 17.8 Å². The summed E-state index contributed by atoms with van der Waals surface area (Å²) in [7, 11) is 0. The molecule has 3 fully saturated rings. The second-order valence-corrected chi connectivity index (χ2v) is 14.4. The number of nitrogens with zero attached hydrogens (tertiary/aromatic N) is 3. The van der Waals surface area contributed by atoms with Gasteiger partial charge in [0.05, 0.1) is 29.2 Å². The molecule has 3 unspecified atom stereocenters. The summed E-state index contributed by atoms with van der Waals surface area (Å²) in [5, 5.41) is 12.5. The number of aliphatic hydroxyl groups excluding tert-OH is 1. The fourth-order valence-corrected chi connectivity index (χ4v) is 10.6. The van der Waals surface area contributed by atoms with Gasteiger partial charge in [0.1, 0.15) is 6.04 Å².